The van der Waals surface area contributed by atoms with E-state index in [9.17, 15) is 8.42 Å². The van der Waals surface area contributed by atoms with Gasteiger partial charge in [0.25, 0.3) is 0 Å². The van der Waals surface area contributed by atoms with Crippen molar-refractivity contribution in [2.75, 3.05) is 19.4 Å². The van der Waals surface area contributed by atoms with Gasteiger partial charge in [-0.1, -0.05) is 6.07 Å². The van der Waals surface area contributed by atoms with Gasteiger partial charge in [-0.15, -0.1) is 0 Å². The van der Waals surface area contributed by atoms with Crippen LogP contribution in [0.15, 0.2) is 18.2 Å². The minimum absolute atomic E-state index is 0.0166. The van der Waals surface area contributed by atoms with Gasteiger partial charge in [0.1, 0.15) is 5.75 Å². The second kappa shape index (κ2) is 7.61. The van der Waals surface area contributed by atoms with Crippen LogP contribution in [-0.2, 0) is 16.4 Å². The Hall–Kier alpha value is -1.58. The van der Waals surface area contributed by atoms with Crippen LogP contribution in [0.25, 0.3) is 0 Å². The molecule has 0 fully saturated rings. The summed E-state index contributed by atoms with van der Waals surface area (Å²) < 4.78 is 31.8. The third-order valence-electron chi connectivity index (χ3n) is 4.04. The minimum atomic E-state index is -3.29. The van der Waals surface area contributed by atoms with Gasteiger partial charge in [-0.05, 0) is 54.9 Å². The number of sulfonamides is 1. The number of nitrogens with zero attached hydrogens (tertiary/aromatic N) is 1. The predicted octanol–water partition coefficient (Wildman–Crippen LogP) is 2.34. The number of nitrogens with one attached hydrogen (secondary N) is 1. The SMILES string of the molecule is COc1ccc2c(c1)CCCC2CNS(=O)(=O)CCCC#N. The summed E-state index contributed by atoms with van der Waals surface area (Å²) in [6.07, 6.45) is 3.70. The standard InChI is InChI=1S/C16H22N2O3S/c1-21-15-7-8-16-13(11-15)5-4-6-14(16)12-18-22(19,20)10-3-2-9-17/h7-8,11,14,18H,2-6,10,12H2,1H3. The third-order valence-corrected chi connectivity index (χ3v) is 5.47. The zero-order valence-electron chi connectivity index (χ0n) is 12.8. The number of ether oxygens (including phenoxy) is 1. The number of aryl methyl sites for hydroxylation is 1. The van der Waals surface area contributed by atoms with Crippen molar-refractivity contribution in [3.63, 3.8) is 0 Å². The van der Waals surface area contributed by atoms with Crippen molar-refractivity contribution >= 4 is 10.0 Å². The van der Waals surface area contributed by atoms with Crippen LogP contribution in [0.5, 0.6) is 5.75 Å². The molecule has 1 aromatic rings. The van der Waals surface area contributed by atoms with Crippen LogP contribution >= 0.6 is 0 Å². The van der Waals surface area contributed by atoms with E-state index in [4.69, 9.17) is 10.00 Å². The zero-order chi connectivity index (χ0) is 16.0. The Morgan fingerprint density at radius 3 is 3.00 bits per heavy atom. The molecule has 1 aliphatic carbocycles. The highest BCUT2D eigenvalue weighted by Gasteiger charge is 2.22. The molecule has 1 unspecified atom stereocenters. The first-order chi connectivity index (χ1) is 10.6. The fourth-order valence-corrected chi connectivity index (χ4v) is 4.00. The van der Waals surface area contributed by atoms with E-state index in [1.165, 1.54) is 11.1 Å². The monoisotopic (exact) mass is 322 g/mol. The largest absolute Gasteiger partial charge is 0.497 e. The first-order valence-corrected chi connectivity index (χ1v) is 9.22. The van der Waals surface area contributed by atoms with Crippen molar-refractivity contribution in [1.82, 2.24) is 4.72 Å². The molecule has 1 atom stereocenters. The Morgan fingerprint density at radius 1 is 1.45 bits per heavy atom. The molecule has 0 radical (unpaired) electrons. The van der Waals surface area contributed by atoms with E-state index in [0.717, 1.165) is 25.0 Å². The molecule has 0 aromatic heterocycles. The summed E-state index contributed by atoms with van der Waals surface area (Å²) >= 11 is 0. The van der Waals surface area contributed by atoms with Gasteiger partial charge in [0, 0.05) is 13.0 Å². The fraction of sp³-hybridized carbons (Fsp3) is 0.562. The molecule has 120 valence electrons. The van der Waals surface area contributed by atoms with Crippen molar-refractivity contribution in [3.05, 3.63) is 29.3 Å². The van der Waals surface area contributed by atoms with Gasteiger partial charge in [-0.3, -0.25) is 0 Å². The average molecular weight is 322 g/mol. The molecule has 0 saturated heterocycles. The van der Waals surface area contributed by atoms with Crippen LogP contribution in [0.1, 0.15) is 42.7 Å². The molecule has 5 nitrogen and oxygen atoms in total. The highest BCUT2D eigenvalue weighted by molar-refractivity contribution is 7.89. The van der Waals surface area contributed by atoms with Gasteiger partial charge in [0.15, 0.2) is 0 Å². The summed E-state index contributed by atoms with van der Waals surface area (Å²) in [6, 6.07) is 7.98. The van der Waals surface area contributed by atoms with Crippen LogP contribution in [0, 0.1) is 11.3 Å². The Kier molecular flexibility index (Phi) is 5.81. The number of rotatable bonds is 7. The molecule has 0 amide bonds. The van der Waals surface area contributed by atoms with Gasteiger partial charge in [-0.25, -0.2) is 13.1 Å². The summed E-state index contributed by atoms with van der Waals surface area (Å²) in [4.78, 5) is 0. The molecule has 0 heterocycles. The van der Waals surface area contributed by atoms with Gasteiger partial charge in [-0.2, -0.15) is 5.26 Å². The quantitative estimate of drug-likeness (QED) is 0.781. The van der Waals surface area contributed by atoms with Crippen LogP contribution in [0.2, 0.25) is 0 Å². The van der Waals surface area contributed by atoms with Crippen molar-refractivity contribution in [2.24, 2.45) is 0 Å². The predicted molar refractivity (Wildman–Crippen MR) is 85.3 cm³/mol. The van der Waals surface area contributed by atoms with Crippen molar-refractivity contribution in [3.8, 4) is 11.8 Å². The number of hydrogen-bond donors (Lipinski definition) is 1. The van der Waals surface area contributed by atoms with E-state index in [1.807, 2.05) is 24.3 Å². The maximum absolute atomic E-state index is 11.9. The summed E-state index contributed by atoms with van der Waals surface area (Å²) in [7, 11) is -1.64. The second-order valence-corrected chi connectivity index (χ2v) is 7.51. The number of unbranched alkanes of at least 4 members (excludes halogenated alkanes) is 1. The maximum atomic E-state index is 11.9. The molecular formula is C16H22N2O3S. The molecule has 6 heteroatoms. The summed E-state index contributed by atoms with van der Waals surface area (Å²) in [6.45, 7) is 0.425. The van der Waals surface area contributed by atoms with Crippen LogP contribution in [0.4, 0.5) is 0 Å². The molecule has 0 spiro atoms. The van der Waals surface area contributed by atoms with Gasteiger partial charge >= 0.3 is 0 Å². The number of methoxy groups -OCH3 is 1. The fourth-order valence-electron chi connectivity index (χ4n) is 2.87. The average Bonchev–Trinajstić information content (AvgIpc) is 2.52. The molecule has 0 aliphatic heterocycles. The maximum Gasteiger partial charge on any atom is 0.211 e. The number of fused-ring (bicyclic) bond motifs is 1. The molecule has 1 N–H and O–H groups in total. The van der Waals surface area contributed by atoms with Crippen LogP contribution in [-0.4, -0.2) is 27.8 Å². The van der Waals surface area contributed by atoms with Gasteiger partial charge in [0.05, 0.1) is 18.9 Å². The van der Waals surface area contributed by atoms with Crippen molar-refractivity contribution < 1.29 is 13.2 Å². The minimum Gasteiger partial charge on any atom is -0.497 e. The summed E-state index contributed by atoms with van der Waals surface area (Å²) in [5, 5.41) is 8.47. The smallest absolute Gasteiger partial charge is 0.211 e. The van der Waals surface area contributed by atoms with Crippen LogP contribution in [0.3, 0.4) is 0 Å². The third kappa shape index (κ3) is 4.46. The topological polar surface area (TPSA) is 79.2 Å². The molecule has 2 rings (SSSR count). The van der Waals surface area contributed by atoms with Crippen molar-refractivity contribution in [2.45, 2.75) is 38.0 Å². The van der Waals surface area contributed by atoms with Crippen molar-refractivity contribution in [1.29, 1.82) is 5.26 Å². The number of hydrogen-bond acceptors (Lipinski definition) is 4. The summed E-state index contributed by atoms with van der Waals surface area (Å²) in [5.41, 5.74) is 2.46. The van der Waals surface area contributed by atoms with Gasteiger partial charge in [0.2, 0.25) is 10.0 Å². The zero-order valence-corrected chi connectivity index (χ0v) is 13.7. The highest BCUT2D eigenvalue weighted by Crippen LogP contribution is 2.33. The van der Waals surface area contributed by atoms with E-state index in [-0.39, 0.29) is 18.1 Å². The first kappa shape index (κ1) is 16.8. The highest BCUT2D eigenvalue weighted by atomic mass is 32.2. The van der Waals surface area contributed by atoms with E-state index >= 15 is 0 Å². The van der Waals surface area contributed by atoms with E-state index < -0.39 is 10.0 Å². The Balaban J connectivity index is 1.99. The molecule has 1 aliphatic rings. The lowest BCUT2D eigenvalue weighted by molar-refractivity contribution is 0.412. The summed E-state index contributed by atoms with van der Waals surface area (Å²) in [5.74, 6) is 1.07. The van der Waals surface area contributed by atoms with Gasteiger partial charge < -0.3 is 4.74 Å². The molecule has 0 bridgehead atoms. The first-order valence-electron chi connectivity index (χ1n) is 7.57. The van der Waals surface area contributed by atoms with E-state index in [0.29, 0.717) is 13.0 Å². The Labute approximate surface area is 132 Å². The molecule has 0 saturated carbocycles. The lowest BCUT2D eigenvalue weighted by atomic mass is 9.83. The van der Waals surface area contributed by atoms with Crippen LogP contribution < -0.4 is 9.46 Å². The molecule has 1 aromatic carbocycles. The number of nitriles is 1. The molecular weight excluding hydrogens is 300 g/mol. The Morgan fingerprint density at radius 2 is 2.27 bits per heavy atom. The number of benzene rings is 1. The normalized spacial score (nSPS) is 17.5. The molecule has 22 heavy (non-hydrogen) atoms. The van der Waals surface area contributed by atoms with E-state index in [1.54, 1.807) is 7.11 Å². The lowest BCUT2D eigenvalue weighted by Crippen LogP contribution is -2.31. The lowest BCUT2D eigenvalue weighted by Gasteiger charge is -2.26. The second-order valence-electron chi connectivity index (χ2n) is 5.58. The van der Waals surface area contributed by atoms with E-state index in [2.05, 4.69) is 4.72 Å². The Bertz CT molecular complexity index is 650.